The number of nitrogens with two attached hydrogens (primary N) is 1. The summed E-state index contributed by atoms with van der Waals surface area (Å²) in [6.45, 7) is 1.96. The summed E-state index contributed by atoms with van der Waals surface area (Å²) >= 11 is 11.6. The highest BCUT2D eigenvalue weighted by Gasteiger charge is 2.14. The average molecular weight is 259 g/mol. The number of fused-ring (bicyclic) bond motifs is 1. The van der Waals surface area contributed by atoms with Crippen LogP contribution in [-0.4, -0.2) is 4.98 Å². The van der Waals surface area contributed by atoms with Crippen molar-refractivity contribution in [2.45, 2.75) is 13.3 Å². The van der Waals surface area contributed by atoms with Gasteiger partial charge in [0.1, 0.15) is 0 Å². The van der Waals surface area contributed by atoms with Crippen LogP contribution in [0, 0.1) is 5.82 Å². The van der Waals surface area contributed by atoms with E-state index in [0.717, 1.165) is 12.1 Å². The monoisotopic (exact) mass is 258 g/mol. The molecular weight excluding hydrogens is 250 g/mol. The van der Waals surface area contributed by atoms with Crippen LogP contribution in [0.5, 0.6) is 0 Å². The van der Waals surface area contributed by atoms with Crippen LogP contribution in [0.2, 0.25) is 10.0 Å². The van der Waals surface area contributed by atoms with Crippen molar-refractivity contribution < 1.29 is 4.39 Å². The number of rotatable bonds is 1. The van der Waals surface area contributed by atoms with E-state index in [-0.39, 0.29) is 10.0 Å². The van der Waals surface area contributed by atoms with Gasteiger partial charge in [-0.25, -0.2) is 4.39 Å². The zero-order valence-electron chi connectivity index (χ0n) is 8.52. The van der Waals surface area contributed by atoms with Gasteiger partial charge in [-0.15, -0.1) is 0 Å². The third-order valence-corrected chi connectivity index (χ3v) is 3.01. The van der Waals surface area contributed by atoms with E-state index in [1.165, 1.54) is 6.07 Å². The Bertz CT molecular complexity index is 570. The lowest BCUT2D eigenvalue weighted by atomic mass is 10.1. The van der Waals surface area contributed by atoms with Crippen molar-refractivity contribution >= 4 is 39.8 Å². The number of nitrogen functional groups attached to an aromatic ring is 1. The van der Waals surface area contributed by atoms with Crippen molar-refractivity contribution in [1.82, 2.24) is 4.98 Å². The van der Waals surface area contributed by atoms with E-state index in [2.05, 4.69) is 4.98 Å². The quantitative estimate of drug-likeness (QED) is 0.790. The molecule has 0 unspecified atom stereocenters. The molecule has 2 nitrogen and oxygen atoms in total. The van der Waals surface area contributed by atoms with Crippen molar-refractivity contribution in [3.05, 3.63) is 33.7 Å². The van der Waals surface area contributed by atoms with Crippen LogP contribution in [0.15, 0.2) is 12.1 Å². The van der Waals surface area contributed by atoms with E-state index in [9.17, 15) is 4.39 Å². The number of aromatic nitrogens is 1. The van der Waals surface area contributed by atoms with E-state index in [1.807, 2.05) is 6.92 Å². The fourth-order valence-electron chi connectivity index (χ4n) is 1.57. The molecule has 0 saturated heterocycles. The number of hydrogen-bond donors (Lipinski definition) is 1. The first-order chi connectivity index (χ1) is 7.54. The van der Waals surface area contributed by atoms with E-state index in [0.29, 0.717) is 16.6 Å². The van der Waals surface area contributed by atoms with Gasteiger partial charge in [0.15, 0.2) is 5.82 Å². The minimum Gasteiger partial charge on any atom is -0.398 e. The van der Waals surface area contributed by atoms with Gasteiger partial charge in [0, 0.05) is 16.8 Å². The number of pyridine rings is 1. The normalized spacial score (nSPS) is 11.0. The fraction of sp³-hybridized carbons (Fsp3) is 0.182. The number of nitrogens with zero attached hydrogens (tertiary/aromatic N) is 1. The molecule has 0 atom stereocenters. The zero-order valence-corrected chi connectivity index (χ0v) is 10.0. The maximum absolute atomic E-state index is 13.5. The molecule has 84 valence electrons. The number of halogens is 3. The lowest BCUT2D eigenvalue weighted by Gasteiger charge is -2.08. The molecule has 0 radical (unpaired) electrons. The second-order valence-electron chi connectivity index (χ2n) is 3.44. The molecule has 2 aromatic rings. The van der Waals surface area contributed by atoms with Crippen LogP contribution >= 0.6 is 23.2 Å². The Hall–Kier alpha value is -1.06. The molecule has 2 rings (SSSR count). The molecular formula is C11H9Cl2FN2. The number of anilines is 1. The van der Waals surface area contributed by atoms with Gasteiger partial charge in [-0.1, -0.05) is 30.1 Å². The van der Waals surface area contributed by atoms with Crippen LogP contribution in [0.3, 0.4) is 0 Å². The highest BCUT2D eigenvalue weighted by molar-refractivity contribution is 6.39. The highest BCUT2D eigenvalue weighted by atomic mass is 35.5. The molecule has 0 bridgehead atoms. The third-order valence-electron chi connectivity index (χ3n) is 2.38. The lowest BCUT2D eigenvalue weighted by Crippen LogP contribution is -1.96. The summed E-state index contributed by atoms with van der Waals surface area (Å²) in [5.74, 6) is -0.659. The fourth-order valence-corrected chi connectivity index (χ4v) is 2.12. The molecule has 5 heteroatoms. The van der Waals surface area contributed by atoms with Crippen molar-refractivity contribution in [3.8, 4) is 0 Å². The Labute approximate surface area is 102 Å². The Morgan fingerprint density at radius 2 is 2.06 bits per heavy atom. The van der Waals surface area contributed by atoms with E-state index in [4.69, 9.17) is 28.9 Å². The predicted octanol–water partition coefficient (Wildman–Crippen LogP) is 3.83. The van der Waals surface area contributed by atoms with Gasteiger partial charge in [0.05, 0.1) is 15.6 Å². The van der Waals surface area contributed by atoms with Gasteiger partial charge in [-0.05, 0) is 18.6 Å². The molecule has 2 N–H and O–H groups in total. The van der Waals surface area contributed by atoms with Crippen LogP contribution in [-0.2, 0) is 6.42 Å². The van der Waals surface area contributed by atoms with Gasteiger partial charge in [-0.3, -0.25) is 4.98 Å². The molecule has 16 heavy (non-hydrogen) atoms. The topological polar surface area (TPSA) is 38.9 Å². The van der Waals surface area contributed by atoms with Crippen molar-refractivity contribution in [3.63, 3.8) is 0 Å². The first kappa shape index (κ1) is 11.4. The summed E-state index contributed by atoms with van der Waals surface area (Å²) in [7, 11) is 0. The second kappa shape index (κ2) is 4.07. The summed E-state index contributed by atoms with van der Waals surface area (Å²) in [5.41, 5.74) is 7.58. The van der Waals surface area contributed by atoms with Gasteiger partial charge >= 0.3 is 0 Å². The van der Waals surface area contributed by atoms with Gasteiger partial charge in [0.2, 0.25) is 0 Å². The van der Waals surface area contributed by atoms with Crippen LogP contribution in [0.25, 0.3) is 10.9 Å². The zero-order chi connectivity index (χ0) is 11.9. The van der Waals surface area contributed by atoms with Crippen molar-refractivity contribution in [1.29, 1.82) is 0 Å². The molecule has 0 fully saturated rings. The second-order valence-corrected chi connectivity index (χ2v) is 4.22. The maximum atomic E-state index is 13.5. The smallest absolute Gasteiger partial charge is 0.161 e. The highest BCUT2D eigenvalue weighted by Crippen LogP contribution is 2.34. The first-order valence-electron chi connectivity index (χ1n) is 4.77. The molecule has 0 aliphatic carbocycles. The Balaban J connectivity index is 2.90. The number of aryl methyl sites for hydroxylation is 1. The van der Waals surface area contributed by atoms with Crippen molar-refractivity contribution in [2.24, 2.45) is 0 Å². The van der Waals surface area contributed by atoms with Crippen LogP contribution in [0.1, 0.15) is 12.6 Å². The van der Waals surface area contributed by atoms with Crippen LogP contribution in [0.4, 0.5) is 10.1 Å². The molecule has 1 aromatic heterocycles. The lowest BCUT2D eigenvalue weighted by molar-refractivity contribution is 0.630. The van der Waals surface area contributed by atoms with Gasteiger partial charge in [0.25, 0.3) is 0 Å². The predicted molar refractivity (Wildman–Crippen MR) is 65.5 cm³/mol. The van der Waals surface area contributed by atoms with E-state index >= 15 is 0 Å². The van der Waals surface area contributed by atoms with E-state index in [1.54, 1.807) is 6.07 Å². The van der Waals surface area contributed by atoms with Gasteiger partial charge in [-0.2, -0.15) is 0 Å². The van der Waals surface area contributed by atoms with E-state index < -0.39 is 5.82 Å². The first-order valence-corrected chi connectivity index (χ1v) is 5.52. The van der Waals surface area contributed by atoms with Crippen LogP contribution < -0.4 is 5.73 Å². The minimum atomic E-state index is -0.659. The Morgan fingerprint density at radius 1 is 1.38 bits per heavy atom. The molecule has 0 saturated carbocycles. The van der Waals surface area contributed by atoms with Crippen molar-refractivity contribution in [2.75, 3.05) is 5.73 Å². The molecule has 0 spiro atoms. The molecule has 0 aliphatic heterocycles. The molecule has 0 amide bonds. The maximum Gasteiger partial charge on any atom is 0.161 e. The Morgan fingerprint density at radius 3 is 2.69 bits per heavy atom. The minimum absolute atomic E-state index is 0.0438. The standard InChI is InChI=1S/C11H9Cl2FN2/c1-2-5-3-7(15)9-8(16-5)4-6(12)11(14)10(9)13/h3-4H,2H2,1H3,(H2,15,16). The largest absolute Gasteiger partial charge is 0.398 e. The summed E-state index contributed by atoms with van der Waals surface area (Å²) in [6, 6.07) is 3.13. The average Bonchev–Trinajstić information content (AvgIpc) is 2.25. The summed E-state index contributed by atoms with van der Waals surface area (Å²) in [4.78, 5) is 4.30. The Kier molecular flexibility index (Phi) is 2.91. The SMILES string of the molecule is CCc1cc(N)c2c(Cl)c(F)c(Cl)cc2n1. The number of hydrogen-bond acceptors (Lipinski definition) is 2. The number of benzene rings is 1. The molecule has 1 aromatic carbocycles. The molecule has 0 aliphatic rings. The summed E-state index contributed by atoms with van der Waals surface area (Å²) in [6.07, 6.45) is 0.743. The molecule has 1 heterocycles. The third kappa shape index (κ3) is 1.70. The van der Waals surface area contributed by atoms with Gasteiger partial charge < -0.3 is 5.73 Å². The summed E-state index contributed by atoms with van der Waals surface area (Å²) < 4.78 is 13.5. The summed E-state index contributed by atoms with van der Waals surface area (Å²) in [5, 5.41) is 0.300.